The fraction of sp³-hybridized carbons (Fsp3) is 0.389. The van der Waals surface area contributed by atoms with Crippen molar-refractivity contribution in [2.45, 2.75) is 39.8 Å². The van der Waals surface area contributed by atoms with Gasteiger partial charge in [-0.15, -0.1) is 0 Å². The van der Waals surface area contributed by atoms with Crippen molar-refractivity contribution in [3.63, 3.8) is 0 Å². The highest BCUT2D eigenvalue weighted by Gasteiger charge is 2.24. The van der Waals surface area contributed by atoms with E-state index in [9.17, 15) is 14.4 Å². The molecule has 1 aromatic carbocycles. The van der Waals surface area contributed by atoms with Crippen molar-refractivity contribution >= 4 is 17.9 Å². The van der Waals surface area contributed by atoms with E-state index in [4.69, 9.17) is 10.5 Å². The molecular formula is C18H25N3O4. The first kappa shape index (κ1) is 20.2. The second-order valence-electron chi connectivity index (χ2n) is 5.94. The SMILES string of the molecule is C/C=C(/NC(=O)C(CC(C)C)NC(=O)OCc1ccccc1)C(N)=O. The number of allylic oxidation sites excluding steroid dienone is 1. The lowest BCUT2D eigenvalue weighted by Gasteiger charge is -2.20. The third kappa shape index (κ3) is 7.52. The number of hydrogen-bond acceptors (Lipinski definition) is 4. The quantitative estimate of drug-likeness (QED) is 0.623. The van der Waals surface area contributed by atoms with Crippen LogP contribution < -0.4 is 16.4 Å². The van der Waals surface area contributed by atoms with Crippen molar-refractivity contribution in [1.29, 1.82) is 0 Å². The molecule has 1 atom stereocenters. The number of ether oxygens (including phenoxy) is 1. The fourth-order valence-corrected chi connectivity index (χ4v) is 2.11. The monoisotopic (exact) mass is 347 g/mol. The molecule has 1 aromatic rings. The highest BCUT2D eigenvalue weighted by atomic mass is 16.5. The zero-order valence-electron chi connectivity index (χ0n) is 14.7. The molecule has 1 rings (SSSR count). The van der Waals surface area contributed by atoms with Gasteiger partial charge in [-0.25, -0.2) is 4.79 Å². The number of nitrogens with one attached hydrogen (secondary N) is 2. The van der Waals surface area contributed by atoms with E-state index in [-0.39, 0.29) is 18.2 Å². The Kier molecular flexibility index (Phi) is 8.18. The summed E-state index contributed by atoms with van der Waals surface area (Å²) >= 11 is 0. The van der Waals surface area contributed by atoms with E-state index in [0.717, 1.165) is 5.56 Å². The van der Waals surface area contributed by atoms with Gasteiger partial charge in [-0.2, -0.15) is 0 Å². The van der Waals surface area contributed by atoms with Crippen LogP contribution in [-0.4, -0.2) is 23.9 Å². The summed E-state index contributed by atoms with van der Waals surface area (Å²) in [6.45, 7) is 5.52. The van der Waals surface area contributed by atoms with Crippen molar-refractivity contribution in [3.8, 4) is 0 Å². The molecule has 4 N–H and O–H groups in total. The van der Waals surface area contributed by atoms with Crippen LogP contribution in [0.5, 0.6) is 0 Å². The number of carbonyl (C=O) groups is 3. The summed E-state index contributed by atoms with van der Waals surface area (Å²) in [7, 11) is 0. The molecule has 136 valence electrons. The van der Waals surface area contributed by atoms with Gasteiger partial charge in [0.05, 0.1) is 0 Å². The average Bonchev–Trinajstić information content (AvgIpc) is 2.57. The normalized spacial score (nSPS) is 12.4. The van der Waals surface area contributed by atoms with Gasteiger partial charge < -0.3 is 21.1 Å². The van der Waals surface area contributed by atoms with E-state index in [1.165, 1.54) is 6.08 Å². The standard InChI is InChI=1S/C18H25N3O4/c1-4-14(16(19)22)20-17(23)15(10-12(2)3)21-18(24)25-11-13-8-6-5-7-9-13/h4-9,12,15H,10-11H2,1-3H3,(H2,19,22)(H,20,23)(H,21,24)/b14-4+. The van der Waals surface area contributed by atoms with Gasteiger partial charge in [-0.3, -0.25) is 9.59 Å². The van der Waals surface area contributed by atoms with Gasteiger partial charge in [0.25, 0.3) is 5.91 Å². The molecule has 0 saturated heterocycles. The summed E-state index contributed by atoms with van der Waals surface area (Å²) in [5.41, 5.74) is 6.00. The van der Waals surface area contributed by atoms with Crippen LogP contribution >= 0.6 is 0 Å². The second-order valence-corrected chi connectivity index (χ2v) is 5.94. The summed E-state index contributed by atoms with van der Waals surface area (Å²) in [4.78, 5) is 35.5. The summed E-state index contributed by atoms with van der Waals surface area (Å²) in [5.74, 6) is -1.11. The number of nitrogens with two attached hydrogens (primary N) is 1. The lowest BCUT2D eigenvalue weighted by molar-refractivity contribution is -0.124. The number of rotatable bonds is 8. The molecule has 7 nitrogen and oxygen atoms in total. The first-order chi connectivity index (χ1) is 11.8. The van der Waals surface area contributed by atoms with Crippen molar-refractivity contribution in [2.24, 2.45) is 11.7 Å². The number of alkyl carbamates (subject to hydrolysis) is 1. The molecule has 7 heteroatoms. The van der Waals surface area contributed by atoms with Crippen LogP contribution in [0.4, 0.5) is 4.79 Å². The van der Waals surface area contributed by atoms with E-state index >= 15 is 0 Å². The minimum absolute atomic E-state index is 0.0155. The van der Waals surface area contributed by atoms with Gasteiger partial charge >= 0.3 is 6.09 Å². The number of benzene rings is 1. The predicted molar refractivity (Wildman–Crippen MR) is 94.1 cm³/mol. The van der Waals surface area contributed by atoms with E-state index < -0.39 is 23.9 Å². The first-order valence-electron chi connectivity index (χ1n) is 8.07. The number of amides is 3. The smallest absolute Gasteiger partial charge is 0.408 e. The molecule has 0 aliphatic rings. The van der Waals surface area contributed by atoms with Crippen LogP contribution in [-0.2, 0) is 20.9 Å². The van der Waals surface area contributed by atoms with Gasteiger partial charge in [0, 0.05) is 0 Å². The Morgan fingerprint density at radius 1 is 1.20 bits per heavy atom. The fourth-order valence-electron chi connectivity index (χ4n) is 2.11. The summed E-state index contributed by atoms with van der Waals surface area (Å²) in [6.07, 6.45) is 1.09. The highest BCUT2D eigenvalue weighted by Crippen LogP contribution is 2.07. The molecule has 0 radical (unpaired) electrons. The Hall–Kier alpha value is -2.83. The Labute approximate surface area is 147 Å². The lowest BCUT2D eigenvalue weighted by atomic mass is 10.0. The van der Waals surface area contributed by atoms with Crippen molar-refractivity contribution in [2.75, 3.05) is 0 Å². The highest BCUT2D eigenvalue weighted by molar-refractivity contribution is 5.98. The van der Waals surface area contributed by atoms with E-state index in [0.29, 0.717) is 6.42 Å². The molecule has 3 amide bonds. The van der Waals surface area contributed by atoms with Crippen LogP contribution in [0.1, 0.15) is 32.8 Å². The number of carbonyl (C=O) groups excluding carboxylic acids is 3. The predicted octanol–water partition coefficient (Wildman–Crippen LogP) is 1.83. The van der Waals surface area contributed by atoms with Crippen LogP contribution in [0.25, 0.3) is 0 Å². The Bertz CT molecular complexity index is 626. The first-order valence-corrected chi connectivity index (χ1v) is 8.07. The van der Waals surface area contributed by atoms with Crippen LogP contribution in [0.3, 0.4) is 0 Å². The van der Waals surface area contributed by atoms with Crippen LogP contribution in [0.15, 0.2) is 42.1 Å². The van der Waals surface area contributed by atoms with Crippen LogP contribution in [0, 0.1) is 5.92 Å². The maximum Gasteiger partial charge on any atom is 0.408 e. The number of hydrogen-bond donors (Lipinski definition) is 3. The Morgan fingerprint density at radius 2 is 1.84 bits per heavy atom. The van der Waals surface area contributed by atoms with Gasteiger partial charge in [0.2, 0.25) is 5.91 Å². The Balaban J connectivity index is 2.66. The number of primary amides is 1. The van der Waals surface area contributed by atoms with Gasteiger partial charge in [0.15, 0.2) is 0 Å². The molecule has 0 aliphatic carbocycles. The third-order valence-electron chi connectivity index (χ3n) is 3.34. The molecule has 25 heavy (non-hydrogen) atoms. The molecule has 0 bridgehead atoms. The maximum atomic E-state index is 12.3. The Morgan fingerprint density at radius 3 is 2.36 bits per heavy atom. The van der Waals surface area contributed by atoms with Crippen molar-refractivity contribution in [3.05, 3.63) is 47.7 Å². The largest absolute Gasteiger partial charge is 0.445 e. The van der Waals surface area contributed by atoms with Gasteiger partial charge in [-0.1, -0.05) is 50.3 Å². The molecule has 0 fully saturated rings. The lowest BCUT2D eigenvalue weighted by Crippen LogP contribution is -2.48. The summed E-state index contributed by atoms with van der Waals surface area (Å²) < 4.78 is 5.13. The van der Waals surface area contributed by atoms with E-state index in [1.54, 1.807) is 6.92 Å². The minimum Gasteiger partial charge on any atom is -0.445 e. The van der Waals surface area contributed by atoms with Gasteiger partial charge in [-0.05, 0) is 24.8 Å². The average molecular weight is 347 g/mol. The van der Waals surface area contributed by atoms with Crippen molar-refractivity contribution in [1.82, 2.24) is 10.6 Å². The minimum atomic E-state index is -0.836. The molecule has 0 aliphatic heterocycles. The molecule has 1 unspecified atom stereocenters. The maximum absolute atomic E-state index is 12.3. The molecular weight excluding hydrogens is 322 g/mol. The van der Waals surface area contributed by atoms with E-state index in [2.05, 4.69) is 10.6 Å². The summed E-state index contributed by atoms with van der Waals surface area (Å²) in [6, 6.07) is 8.37. The molecule has 0 spiro atoms. The van der Waals surface area contributed by atoms with Crippen molar-refractivity contribution < 1.29 is 19.1 Å². The topological polar surface area (TPSA) is 111 Å². The van der Waals surface area contributed by atoms with Gasteiger partial charge in [0.1, 0.15) is 18.3 Å². The third-order valence-corrected chi connectivity index (χ3v) is 3.34. The zero-order chi connectivity index (χ0) is 18.8. The van der Waals surface area contributed by atoms with E-state index in [1.807, 2.05) is 44.2 Å². The molecule has 0 heterocycles. The zero-order valence-corrected chi connectivity index (χ0v) is 14.7. The van der Waals surface area contributed by atoms with Crippen LogP contribution in [0.2, 0.25) is 0 Å². The summed E-state index contributed by atoms with van der Waals surface area (Å²) in [5, 5.41) is 4.96. The second kappa shape index (κ2) is 10.1. The molecule has 0 saturated carbocycles. The molecule has 0 aromatic heterocycles.